The fourth-order valence-electron chi connectivity index (χ4n) is 4.62. The van der Waals surface area contributed by atoms with Gasteiger partial charge < -0.3 is 5.11 Å². The van der Waals surface area contributed by atoms with Crippen LogP contribution in [0, 0.1) is 17.2 Å². The smallest absolute Gasteiger partial charge is 0.320 e. The first-order valence-electron chi connectivity index (χ1n) is 11.9. The third-order valence-electron chi connectivity index (χ3n) is 6.47. The van der Waals surface area contributed by atoms with Crippen molar-refractivity contribution in [2.24, 2.45) is 5.92 Å². The van der Waals surface area contributed by atoms with Gasteiger partial charge in [0.1, 0.15) is 16.1 Å². The van der Waals surface area contributed by atoms with Crippen LogP contribution < -0.4 is 0 Å². The van der Waals surface area contributed by atoms with Crippen LogP contribution in [-0.2, 0) is 24.1 Å². The summed E-state index contributed by atoms with van der Waals surface area (Å²) in [4.78, 5) is 13.4. The Morgan fingerprint density at radius 1 is 1.24 bits per heavy atom. The first kappa shape index (κ1) is 24.1. The van der Waals surface area contributed by atoms with E-state index < -0.39 is 5.97 Å². The van der Waals surface area contributed by atoms with Gasteiger partial charge in [0.05, 0.1) is 11.6 Å². The van der Waals surface area contributed by atoms with Crippen molar-refractivity contribution in [1.82, 2.24) is 15.1 Å². The predicted octanol–water partition coefficient (Wildman–Crippen LogP) is 5.21. The van der Waals surface area contributed by atoms with Crippen LogP contribution >= 0.6 is 11.3 Å². The van der Waals surface area contributed by atoms with E-state index in [0.717, 1.165) is 65.5 Å². The van der Waals surface area contributed by atoms with Crippen molar-refractivity contribution in [2.45, 2.75) is 52.5 Å². The number of likely N-dealkylation sites (tertiary alicyclic amines) is 1. The lowest BCUT2D eigenvalue weighted by atomic mass is 9.95. The lowest BCUT2D eigenvalue weighted by Gasteiger charge is -2.38. The molecule has 1 aromatic heterocycles. The van der Waals surface area contributed by atoms with E-state index >= 15 is 0 Å². The molecule has 1 N–H and O–H groups in total. The number of carboxylic acids is 1. The molecule has 0 aliphatic carbocycles. The average Bonchev–Trinajstić information content (AvgIpc) is 3.28. The van der Waals surface area contributed by atoms with E-state index in [1.807, 2.05) is 29.2 Å². The molecule has 1 unspecified atom stereocenters. The van der Waals surface area contributed by atoms with E-state index in [-0.39, 0.29) is 6.04 Å². The number of carboxylic acid groups (broad SMARTS) is 1. The topological polar surface area (TPSA) is 90.1 Å². The molecule has 2 heterocycles. The van der Waals surface area contributed by atoms with Crippen molar-refractivity contribution in [1.29, 1.82) is 5.26 Å². The summed E-state index contributed by atoms with van der Waals surface area (Å²) in [6, 6.07) is 14.2. The molecule has 2 aromatic carbocycles. The minimum Gasteiger partial charge on any atom is -0.480 e. The number of carbonyl (C=O) groups is 1. The molecule has 1 aliphatic rings. The number of benzene rings is 2. The summed E-state index contributed by atoms with van der Waals surface area (Å²) in [5, 5.41) is 29.5. The van der Waals surface area contributed by atoms with Gasteiger partial charge in [0.25, 0.3) is 0 Å². The van der Waals surface area contributed by atoms with E-state index in [1.165, 1.54) is 11.1 Å². The highest BCUT2D eigenvalue weighted by Crippen LogP contribution is 2.34. The van der Waals surface area contributed by atoms with Gasteiger partial charge >= 0.3 is 5.97 Å². The van der Waals surface area contributed by atoms with Crippen LogP contribution in [0.3, 0.4) is 0 Å². The molecular formula is C27H30N4O2S. The largest absolute Gasteiger partial charge is 0.480 e. The molecule has 1 atom stereocenters. The zero-order valence-electron chi connectivity index (χ0n) is 19.9. The second kappa shape index (κ2) is 10.5. The summed E-state index contributed by atoms with van der Waals surface area (Å²) in [7, 11) is 0. The van der Waals surface area contributed by atoms with Crippen LogP contribution in [0.2, 0.25) is 0 Å². The van der Waals surface area contributed by atoms with E-state index in [0.29, 0.717) is 11.5 Å². The molecule has 1 saturated heterocycles. The highest BCUT2D eigenvalue weighted by molar-refractivity contribution is 7.17. The molecule has 0 amide bonds. The molecule has 176 valence electrons. The first-order chi connectivity index (χ1) is 16.4. The monoisotopic (exact) mass is 474 g/mol. The van der Waals surface area contributed by atoms with Crippen LogP contribution in [0.4, 0.5) is 0 Å². The van der Waals surface area contributed by atoms with Crippen LogP contribution in [0.25, 0.3) is 21.1 Å². The molecule has 1 aliphatic heterocycles. The predicted molar refractivity (Wildman–Crippen MR) is 135 cm³/mol. The molecule has 1 fully saturated rings. The van der Waals surface area contributed by atoms with Crippen molar-refractivity contribution in [3.63, 3.8) is 0 Å². The number of nitriles is 1. The summed E-state index contributed by atoms with van der Waals surface area (Å²) in [6.45, 7) is 8.03. The standard InChI is InChI=1S/C27H30N4O2S/c1-4-22-18(10-12-31-13-11-24(31)27(32)33)6-5-7-23(22)26-30-29-25(34-26)20-9-8-19(14-17(2)3)21(15-20)16-28/h5-9,15,17,24H,4,10-14H2,1-3H3,(H,32,33). The molecule has 0 bridgehead atoms. The van der Waals surface area contributed by atoms with Crippen molar-refractivity contribution >= 4 is 17.3 Å². The van der Waals surface area contributed by atoms with Crippen molar-refractivity contribution in [3.05, 3.63) is 58.7 Å². The minimum atomic E-state index is -0.728. The molecular weight excluding hydrogens is 444 g/mol. The number of hydrogen-bond donors (Lipinski definition) is 1. The van der Waals surface area contributed by atoms with E-state index in [1.54, 1.807) is 11.3 Å². The average molecular weight is 475 g/mol. The molecule has 34 heavy (non-hydrogen) atoms. The zero-order chi connectivity index (χ0) is 24.2. The molecule has 6 nitrogen and oxygen atoms in total. The number of nitrogens with zero attached hydrogens (tertiary/aromatic N) is 4. The van der Waals surface area contributed by atoms with Gasteiger partial charge in [0, 0.05) is 24.2 Å². The third kappa shape index (κ3) is 5.03. The Kier molecular flexibility index (Phi) is 7.40. The van der Waals surface area contributed by atoms with Gasteiger partial charge in [-0.1, -0.05) is 62.4 Å². The minimum absolute atomic E-state index is 0.343. The van der Waals surface area contributed by atoms with Gasteiger partial charge in [-0.3, -0.25) is 9.69 Å². The first-order valence-corrected chi connectivity index (χ1v) is 12.7. The summed E-state index contributed by atoms with van der Waals surface area (Å²) < 4.78 is 0. The molecule has 4 rings (SSSR count). The van der Waals surface area contributed by atoms with Crippen LogP contribution in [0.5, 0.6) is 0 Å². The second-order valence-electron chi connectivity index (χ2n) is 9.22. The third-order valence-corrected chi connectivity index (χ3v) is 7.48. The molecule has 0 spiro atoms. The van der Waals surface area contributed by atoms with Crippen molar-refractivity contribution < 1.29 is 9.90 Å². The highest BCUT2D eigenvalue weighted by Gasteiger charge is 2.33. The number of rotatable bonds is 9. The summed E-state index contributed by atoms with van der Waals surface area (Å²) in [5.41, 5.74) is 6.24. The maximum Gasteiger partial charge on any atom is 0.320 e. The Balaban J connectivity index is 1.57. The fraction of sp³-hybridized carbons (Fsp3) is 0.407. The fourth-order valence-corrected chi connectivity index (χ4v) is 5.51. The Labute approximate surface area is 204 Å². The molecule has 7 heteroatoms. The normalized spacial score (nSPS) is 15.8. The Bertz CT molecular complexity index is 1230. The van der Waals surface area contributed by atoms with Crippen LogP contribution in [-0.4, -0.2) is 45.3 Å². The molecule has 0 saturated carbocycles. The van der Waals surface area contributed by atoms with Crippen molar-refractivity contribution in [3.8, 4) is 27.2 Å². The maximum absolute atomic E-state index is 11.3. The molecule has 0 radical (unpaired) electrons. The summed E-state index contributed by atoms with van der Waals surface area (Å²) in [5.74, 6) is -0.240. The quantitative estimate of drug-likeness (QED) is 0.458. The number of hydrogen-bond acceptors (Lipinski definition) is 6. The van der Waals surface area contributed by atoms with Gasteiger partial charge in [-0.15, -0.1) is 10.2 Å². The SMILES string of the molecule is CCc1c(CCN2CCC2C(=O)O)cccc1-c1nnc(-c2ccc(CC(C)C)c(C#N)c2)s1. The lowest BCUT2D eigenvalue weighted by molar-refractivity contribution is -0.148. The second-order valence-corrected chi connectivity index (χ2v) is 10.2. The zero-order valence-corrected chi connectivity index (χ0v) is 20.7. The Hall–Kier alpha value is -3.08. The van der Waals surface area contributed by atoms with Crippen LogP contribution in [0.1, 0.15) is 49.4 Å². The van der Waals surface area contributed by atoms with Gasteiger partial charge in [0.15, 0.2) is 0 Å². The van der Waals surface area contributed by atoms with Gasteiger partial charge in [-0.2, -0.15) is 5.26 Å². The number of aromatic nitrogens is 2. The highest BCUT2D eigenvalue weighted by atomic mass is 32.1. The summed E-state index contributed by atoms with van der Waals surface area (Å²) >= 11 is 1.54. The van der Waals surface area contributed by atoms with E-state index in [4.69, 9.17) is 0 Å². The Morgan fingerprint density at radius 3 is 2.68 bits per heavy atom. The van der Waals surface area contributed by atoms with Gasteiger partial charge in [0.2, 0.25) is 0 Å². The maximum atomic E-state index is 11.3. The number of aliphatic carboxylic acids is 1. The van der Waals surface area contributed by atoms with Crippen LogP contribution in [0.15, 0.2) is 36.4 Å². The van der Waals surface area contributed by atoms with E-state index in [9.17, 15) is 15.2 Å². The van der Waals surface area contributed by atoms with Gasteiger partial charge in [-0.05, 0) is 54.4 Å². The van der Waals surface area contributed by atoms with E-state index in [2.05, 4.69) is 49.2 Å². The van der Waals surface area contributed by atoms with Gasteiger partial charge in [-0.25, -0.2) is 0 Å². The summed E-state index contributed by atoms with van der Waals surface area (Å²) in [6.07, 6.45) is 3.29. The molecule has 3 aromatic rings. The lowest BCUT2D eigenvalue weighted by Crippen LogP contribution is -2.52. The Morgan fingerprint density at radius 2 is 2.03 bits per heavy atom. The van der Waals surface area contributed by atoms with Crippen molar-refractivity contribution in [2.75, 3.05) is 13.1 Å².